The van der Waals surface area contributed by atoms with Gasteiger partial charge in [-0.3, -0.25) is 9.89 Å². The summed E-state index contributed by atoms with van der Waals surface area (Å²) < 4.78 is 0. The molecule has 262 valence electrons. The summed E-state index contributed by atoms with van der Waals surface area (Å²) in [5.74, 6) is 7.43. The fourth-order valence-electron chi connectivity index (χ4n) is 12.6. The number of fused-ring (bicyclic) bond motifs is 2. The van der Waals surface area contributed by atoms with Crippen molar-refractivity contribution < 1.29 is 0 Å². The fraction of sp³-hybridized carbons (Fsp3) is 0.795. The number of nitrogens with one attached hydrogen (secondary N) is 1. The van der Waals surface area contributed by atoms with Crippen molar-refractivity contribution in [2.45, 2.75) is 154 Å². The molecule has 2 heterocycles. The Balaban J connectivity index is 1.10. The number of nitrogens with zero attached hydrogens (tertiary/aromatic N) is 2. The number of hydrogen-bond acceptors (Lipinski definition) is 3. The molecule has 0 bridgehead atoms. The van der Waals surface area contributed by atoms with E-state index < -0.39 is 0 Å². The maximum atomic E-state index is 5.76. The Morgan fingerprint density at radius 1 is 0.851 bits per heavy atom. The molecule has 0 radical (unpaired) electrons. The average Bonchev–Trinajstić information content (AvgIpc) is 3.37. The highest BCUT2D eigenvalue weighted by Crippen LogP contribution is 2.52. The molecule has 3 heteroatoms. The summed E-state index contributed by atoms with van der Waals surface area (Å²) in [6, 6.07) is 3.22. The van der Waals surface area contributed by atoms with Crippen LogP contribution in [0.1, 0.15) is 124 Å². The minimum atomic E-state index is 0.447. The van der Waals surface area contributed by atoms with Crippen molar-refractivity contribution in [3.05, 3.63) is 50.1 Å². The molecular weight excluding hydrogens is 571 g/mol. The normalized spacial score (nSPS) is 45.4. The topological polar surface area (TPSA) is 27.6 Å². The van der Waals surface area contributed by atoms with Crippen LogP contribution in [0.15, 0.2) is 55.1 Å². The van der Waals surface area contributed by atoms with Gasteiger partial charge in [-0.15, -0.1) is 19.7 Å². The smallest absolute Gasteiger partial charge is 0.0652 e. The predicted octanol–water partition coefficient (Wildman–Crippen LogP) is 10.5. The Morgan fingerprint density at radius 3 is 2.28 bits per heavy atom. The van der Waals surface area contributed by atoms with E-state index >= 15 is 0 Å². The number of likely N-dealkylation sites (tertiary alicyclic amines) is 1. The van der Waals surface area contributed by atoms with Crippen molar-refractivity contribution in [1.82, 2.24) is 10.2 Å². The standard InChI is InChI=1S/C44H71N3/c1-8-12-18-36-30(6)35(11-4)37(16-10-3)43-44(36)46-39(28-45-43)33-23-21-32(22-24-33)34-25-26-42-38(27-34)31(7)41(19-13-9-2)47(42)40-20-15-14-17-29(40)5/h8-9,11,14,17,29-43,45H,1-2,4,10,12-13,15-16,18-28H2,3,5-7H3. The van der Waals surface area contributed by atoms with Gasteiger partial charge < -0.3 is 5.32 Å². The molecular formula is C44H71N3. The largest absolute Gasteiger partial charge is 0.307 e. The first-order valence-corrected chi connectivity index (χ1v) is 20.5. The van der Waals surface area contributed by atoms with Gasteiger partial charge in [0.2, 0.25) is 0 Å². The Kier molecular flexibility index (Phi) is 12.1. The summed E-state index contributed by atoms with van der Waals surface area (Å²) in [6.07, 6.45) is 31.4. The molecule has 0 aromatic rings. The van der Waals surface area contributed by atoms with Gasteiger partial charge in [-0.1, -0.05) is 64.5 Å². The van der Waals surface area contributed by atoms with Gasteiger partial charge in [-0.05, 0) is 143 Å². The van der Waals surface area contributed by atoms with Crippen LogP contribution in [-0.4, -0.2) is 47.4 Å². The third-order valence-electron chi connectivity index (χ3n) is 15.0. The molecule has 4 fully saturated rings. The molecule has 4 aliphatic carbocycles. The van der Waals surface area contributed by atoms with Gasteiger partial charge in [0.25, 0.3) is 0 Å². The second-order valence-corrected chi connectivity index (χ2v) is 17.3. The summed E-state index contributed by atoms with van der Waals surface area (Å²) in [5, 5.41) is 4.13. The maximum Gasteiger partial charge on any atom is 0.0652 e. The average molecular weight is 642 g/mol. The molecule has 0 amide bonds. The fourth-order valence-corrected chi connectivity index (χ4v) is 12.6. The molecule has 0 aromatic carbocycles. The zero-order valence-electron chi connectivity index (χ0n) is 30.9. The third-order valence-corrected chi connectivity index (χ3v) is 15.0. The van der Waals surface area contributed by atoms with E-state index in [2.05, 4.69) is 88.0 Å². The third kappa shape index (κ3) is 7.10. The van der Waals surface area contributed by atoms with E-state index in [1.807, 2.05) is 0 Å². The Morgan fingerprint density at radius 2 is 1.57 bits per heavy atom. The molecule has 13 unspecified atom stereocenters. The first-order valence-electron chi connectivity index (χ1n) is 20.5. The molecule has 6 rings (SSSR count). The van der Waals surface area contributed by atoms with Gasteiger partial charge in [0.1, 0.15) is 0 Å². The molecule has 0 aromatic heterocycles. The highest BCUT2D eigenvalue weighted by molar-refractivity contribution is 5.94. The Hall–Kier alpha value is -1.45. The van der Waals surface area contributed by atoms with Gasteiger partial charge in [-0.2, -0.15) is 0 Å². The number of allylic oxidation sites excluding steroid dienone is 4. The highest BCUT2D eigenvalue weighted by atomic mass is 15.3. The Labute approximate surface area is 290 Å². The number of aliphatic imine (C=N–C) groups is 1. The number of rotatable bonds is 12. The lowest BCUT2D eigenvalue weighted by atomic mass is 9.61. The maximum absolute atomic E-state index is 5.76. The van der Waals surface area contributed by atoms with E-state index in [1.165, 1.54) is 89.2 Å². The summed E-state index contributed by atoms with van der Waals surface area (Å²) in [5.41, 5.74) is 1.53. The van der Waals surface area contributed by atoms with Crippen LogP contribution in [0.5, 0.6) is 0 Å². The lowest BCUT2D eigenvalue weighted by Gasteiger charge is -2.50. The van der Waals surface area contributed by atoms with Crippen LogP contribution >= 0.6 is 0 Å². The summed E-state index contributed by atoms with van der Waals surface area (Å²) >= 11 is 0. The van der Waals surface area contributed by atoms with Crippen molar-refractivity contribution in [2.24, 2.45) is 64.2 Å². The molecule has 1 saturated heterocycles. The molecule has 13 atom stereocenters. The monoisotopic (exact) mass is 642 g/mol. The predicted molar refractivity (Wildman–Crippen MR) is 203 cm³/mol. The zero-order valence-corrected chi connectivity index (χ0v) is 30.9. The lowest BCUT2D eigenvalue weighted by Crippen LogP contribution is -2.60. The first-order chi connectivity index (χ1) is 22.9. The van der Waals surface area contributed by atoms with Crippen LogP contribution in [0.3, 0.4) is 0 Å². The molecule has 0 spiro atoms. The van der Waals surface area contributed by atoms with E-state index in [4.69, 9.17) is 4.99 Å². The van der Waals surface area contributed by atoms with Crippen LogP contribution in [0.25, 0.3) is 0 Å². The van der Waals surface area contributed by atoms with Gasteiger partial charge in [-0.25, -0.2) is 0 Å². The highest BCUT2D eigenvalue weighted by Gasteiger charge is 2.52. The van der Waals surface area contributed by atoms with Gasteiger partial charge in [0.15, 0.2) is 0 Å². The van der Waals surface area contributed by atoms with Crippen molar-refractivity contribution in [3.8, 4) is 0 Å². The molecule has 3 nitrogen and oxygen atoms in total. The van der Waals surface area contributed by atoms with Crippen LogP contribution in [0.4, 0.5) is 0 Å². The second-order valence-electron chi connectivity index (χ2n) is 17.3. The van der Waals surface area contributed by atoms with Crippen LogP contribution in [-0.2, 0) is 0 Å². The van der Waals surface area contributed by atoms with Gasteiger partial charge in [0, 0.05) is 42.3 Å². The molecule has 3 saturated carbocycles. The second kappa shape index (κ2) is 16.1. The SMILES string of the molecule is C=CCCC1C2=NC(C3CCC(C4CCC5C(C4)C(C)C(CCC=C)N5C4CCC=CC4C)CC3)CNC2C(CCC)C(C=C)C1C. The van der Waals surface area contributed by atoms with E-state index in [0.717, 1.165) is 67.1 Å². The summed E-state index contributed by atoms with van der Waals surface area (Å²) in [4.78, 5) is 8.86. The Bertz CT molecular complexity index is 1110. The van der Waals surface area contributed by atoms with Crippen molar-refractivity contribution >= 4 is 5.71 Å². The first kappa shape index (κ1) is 35.4. The van der Waals surface area contributed by atoms with Crippen LogP contribution < -0.4 is 5.32 Å². The van der Waals surface area contributed by atoms with E-state index in [0.29, 0.717) is 41.7 Å². The minimum Gasteiger partial charge on any atom is -0.307 e. The molecule has 6 aliphatic rings. The minimum absolute atomic E-state index is 0.447. The molecule has 2 aliphatic heterocycles. The quantitative estimate of drug-likeness (QED) is 0.215. The van der Waals surface area contributed by atoms with Crippen molar-refractivity contribution in [2.75, 3.05) is 6.54 Å². The molecule has 1 N–H and O–H groups in total. The summed E-state index contributed by atoms with van der Waals surface area (Å²) in [7, 11) is 0. The zero-order chi connectivity index (χ0) is 33.1. The van der Waals surface area contributed by atoms with Crippen LogP contribution in [0, 0.1) is 59.2 Å². The van der Waals surface area contributed by atoms with Crippen molar-refractivity contribution in [3.63, 3.8) is 0 Å². The van der Waals surface area contributed by atoms with E-state index in [1.54, 1.807) is 0 Å². The summed E-state index contributed by atoms with van der Waals surface area (Å²) in [6.45, 7) is 23.5. The number of hydrogen-bond donors (Lipinski definition) is 1. The van der Waals surface area contributed by atoms with Gasteiger partial charge in [0.05, 0.1) is 6.04 Å². The van der Waals surface area contributed by atoms with Crippen molar-refractivity contribution in [1.29, 1.82) is 0 Å². The lowest BCUT2D eigenvalue weighted by molar-refractivity contribution is 0.0450. The van der Waals surface area contributed by atoms with E-state index in [-0.39, 0.29) is 0 Å². The van der Waals surface area contributed by atoms with Crippen LogP contribution in [0.2, 0.25) is 0 Å². The molecule has 47 heavy (non-hydrogen) atoms. The van der Waals surface area contributed by atoms with E-state index in [9.17, 15) is 0 Å². The van der Waals surface area contributed by atoms with Gasteiger partial charge >= 0.3 is 0 Å².